The highest BCUT2D eigenvalue weighted by molar-refractivity contribution is 8.00. The highest BCUT2D eigenvalue weighted by atomic mass is 32.2. The fraction of sp³-hybridized carbons (Fsp3) is 0.273. The second kappa shape index (κ2) is 3.70. The van der Waals surface area contributed by atoms with Gasteiger partial charge in [0.2, 0.25) is 0 Å². The first-order valence-corrected chi connectivity index (χ1v) is 5.68. The molecule has 0 saturated carbocycles. The maximum absolute atomic E-state index is 11.4. The molecule has 0 spiro atoms. The molecule has 0 bridgehead atoms. The number of hydrogen-bond acceptors (Lipinski definition) is 3. The minimum Gasteiger partial charge on any atom is -0.478 e. The normalized spacial score (nSPS) is 14.1. The number of carboxylic acid groups (broad SMARTS) is 1. The van der Waals surface area contributed by atoms with Gasteiger partial charge in [0.15, 0.2) is 5.78 Å². The van der Waals surface area contributed by atoms with Crippen LogP contribution in [0.15, 0.2) is 17.0 Å². The number of Topliss-reactive ketones (excluding diaryl/α,β-unsaturated/α-hetero) is 1. The van der Waals surface area contributed by atoms with Crippen molar-refractivity contribution in [2.75, 3.05) is 5.75 Å². The van der Waals surface area contributed by atoms with Crippen LogP contribution in [0, 0.1) is 0 Å². The van der Waals surface area contributed by atoms with Crippen LogP contribution in [0.3, 0.4) is 0 Å². The Hall–Kier alpha value is -1.29. The van der Waals surface area contributed by atoms with Gasteiger partial charge in [-0.15, -0.1) is 11.8 Å². The van der Waals surface area contributed by atoms with E-state index in [0.717, 1.165) is 10.5 Å². The molecule has 1 N–H and O–H groups in total. The molecule has 0 aromatic heterocycles. The number of rotatable bonds is 2. The zero-order valence-corrected chi connectivity index (χ0v) is 9.06. The first-order chi connectivity index (χ1) is 7.13. The minimum atomic E-state index is -0.922. The number of fused-ring (bicyclic) bond motifs is 1. The molecule has 2 rings (SSSR count). The molecule has 0 fully saturated rings. The second-order valence-electron chi connectivity index (χ2n) is 3.38. The molecule has 0 radical (unpaired) electrons. The summed E-state index contributed by atoms with van der Waals surface area (Å²) in [6.45, 7) is 1.89. The summed E-state index contributed by atoms with van der Waals surface area (Å²) in [6.07, 6.45) is 0.632. The van der Waals surface area contributed by atoms with Crippen molar-refractivity contribution in [2.45, 2.75) is 18.2 Å². The number of ketones is 1. The third-order valence-corrected chi connectivity index (χ3v) is 3.53. The lowest BCUT2D eigenvalue weighted by molar-refractivity contribution is 0.0695. The Balaban J connectivity index is 2.61. The molecule has 0 unspecified atom stereocenters. The molecule has 15 heavy (non-hydrogen) atoms. The molecule has 0 amide bonds. The van der Waals surface area contributed by atoms with Crippen LogP contribution >= 0.6 is 11.8 Å². The summed E-state index contributed by atoms with van der Waals surface area (Å²) in [6, 6.07) is 3.34. The predicted molar refractivity (Wildman–Crippen MR) is 57.8 cm³/mol. The van der Waals surface area contributed by atoms with E-state index in [1.54, 1.807) is 12.1 Å². The van der Waals surface area contributed by atoms with Gasteiger partial charge in [0.05, 0.1) is 11.3 Å². The Morgan fingerprint density at radius 1 is 1.53 bits per heavy atom. The third-order valence-electron chi connectivity index (χ3n) is 2.48. The zero-order valence-electron chi connectivity index (χ0n) is 8.24. The third kappa shape index (κ3) is 1.65. The van der Waals surface area contributed by atoms with Crippen LogP contribution in [0.2, 0.25) is 0 Å². The SMILES string of the molecule is CCc1cc2c(cc1C(=O)O)SCC2=O. The van der Waals surface area contributed by atoms with Crippen molar-refractivity contribution in [1.29, 1.82) is 0 Å². The summed E-state index contributed by atoms with van der Waals surface area (Å²) in [5.74, 6) is -0.391. The van der Waals surface area contributed by atoms with E-state index in [4.69, 9.17) is 5.11 Å². The van der Waals surface area contributed by atoms with Gasteiger partial charge >= 0.3 is 5.97 Å². The predicted octanol–water partition coefficient (Wildman–Crippen LogP) is 2.24. The number of carboxylic acids is 1. The summed E-state index contributed by atoms with van der Waals surface area (Å²) >= 11 is 1.41. The van der Waals surface area contributed by atoms with Gasteiger partial charge in [0.25, 0.3) is 0 Å². The van der Waals surface area contributed by atoms with E-state index in [2.05, 4.69) is 0 Å². The lowest BCUT2D eigenvalue weighted by atomic mass is 10.0. The second-order valence-corrected chi connectivity index (χ2v) is 4.39. The van der Waals surface area contributed by atoms with Gasteiger partial charge in [0.1, 0.15) is 0 Å². The quantitative estimate of drug-likeness (QED) is 0.833. The molecule has 0 saturated heterocycles. The Morgan fingerprint density at radius 3 is 2.87 bits per heavy atom. The van der Waals surface area contributed by atoms with Crippen LogP contribution in [0.25, 0.3) is 0 Å². The van der Waals surface area contributed by atoms with Crippen LogP contribution < -0.4 is 0 Å². The van der Waals surface area contributed by atoms with Crippen molar-refractivity contribution in [1.82, 2.24) is 0 Å². The average molecular weight is 222 g/mol. The zero-order chi connectivity index (χ0) is 11.0. The van der Waals surface area contributed by atoms with Crippen LogP contribution in [0.5, 0.6) is 0 Å². The lowest BCUT2D eigenvalue weighted by Gasteiger charge is -2.06. The largest absolute Gasteiger partial charge is 0.478 e. The maximum atomic E-state index is 11.4. The van der Waals surface area contributed by atoms with Crippen LogP contribution in [0.1, 0.15) is 33.2 Å². The van der Waals surface area contributed by atoms with Crippen LogP contribution in [-0.2, 0) is 6.42 Å². The molecule has 4 heteroatoms. The van der Waals surface area contributed by atoms with Gasteiger partial charge in [-0.25, -0.2) is 4.79 Å². The lowest BCUT2D eigenvalue weighted by Crippen LogP contribution is -2.04. The minimum absolute atomic E-state index is 0.0987. The van der Waals surface area contributed by atoms with Gasteiger partial charge in [-0.05, 0) is 24.1 Å². The molecule has 0 aliphatic carbocycles. The highest BCUT2D eigenvalue weighted by Gasteiger charge is 2.23. The van der Waals surface area contributed by atoms with Crippen molar-refractivity contribution in [3.8, 4) is 0 Å². The van der Waals surface area contributed by atoms with Crippen molar-refractivity contribution >= 4 is 23.5 Å². The van der Waals surface area contributed by atoms with E-state index < -0.39 is 5.97 Å². The molecular weight excluding hydrogens is 212 g/mol. The molecule has 78 valence electrons. The Labute approximate surface area is 91.5 Å². The molecule has 3 nitrogen and oxygen atoms in total. The maximum Gasteiger partial charge on any atom is 0.336 e. The first-order valence-electron chi connectivity index (χ1n) is 4.69. The Bertz CT molecular complexity index is 451. The number of carbonyl (C=O) groups excluding carboxylic acids is 1. The molecule has 1 aromatic carbocycles. The number of thioether (sulfide) groups is 1. The summed E-state index contributed by atoms with van der Waals surface area (Å²) in [4.78, 5) is 23.2. The summed E-state index contributed by atoms with van der Waals surface area (Å²) < 4.78 is 0. The van der Waals surface area contributed by atoms with Gasteiger partial charge < -0.3 is 5.11 Å². The monoisotopic (exact) mass is 222 g/mol. The van der Waals surface area contributed by atoms with E-state index >= 15 is 0 Å². The molecule has 1 aliphatic heterocycles. The molecule has 1 aliphatic rings. The summed E-state index contributed by atoms with van der Waals surface area (Å²) in [5.41, 5.74) is 1.73. The molecule has 0 atom stereocenters. The Kier molecular flexibility index (Phi) is 2.52. The van der Waals surface area contributed by atoms with Crippen molar-refractivity contribution in [3.05, 3.63) is 28.8 Å². The van der Waals surface area contributed by atoms with Gasteiger partial charge in [-0.3, -0.25) is 4.79 Å². The summed E-state index contributed by atoms with van der Waals surface area (Å²) in [7, 11) is 0. The smallest absolute Gasteiger partial charge is 0.336 e. The van der Waals surface area contributed by atoms with Crippen molar-refractivity contribution in [2.24, 2.45) is 0 Å². The number of carbonyl (C=O) groups is 2. The standard InChI is InChI=1S/C11H10O3S/c1-2-6-3-8-9(12)5-15-10(8)4-7(6)11(13)14/h3-4H,2,5H2,1H3,(H,13,14). The fourth-order valence-corrected chi connectivity index (χ4v) is 2.65. The first kappa shape index (κ1) is 10.2. The van der Waals surface area contributed by atoms with E-state index in [0.29, 0.717) is 23.3 Å². The average Bonchev–Trinajstić information content (AvgIpc) is 2.58. The number of benzene rings is 1. The van der Waals surface area contributed by atoms with Crippen LogP contribution in [-0.4, -0.2) is 22.6 Å². The van der Waals surface area contributed by atoms with Crippen molar-refractivity contribution < 1.29 is 14.7 Å². The van der Waals surface area contributed by atoms with E-state index in [9.17, 15) is 9.59 Å². The highest BCUT2D eigenvalue weighted by Crippen LogP contribution is 2.33. The fourth-order valence-electron chi connectivity index (χ4n) is 1.67. The van der Waals surface area contributed by atoms with E-state index in [1.165, 1.54) is 11.8 Å². The van der Waals surface area contributed by atoms with Crippen LogP contribution in [0.4, 0.5) is 0 Å². The topological polar surface area (TPSA) is 54.4 Å². The van der Waals surface area contributed by atoms with Gasteiger partial charge in [0, 0.05) is 10.5 Å². The summed E-state index contributed by atoms with van der Waals surface area (Å²) in [5, 5.41) is 9.00. The van der Waals surface area contributed by atoms with Gasteiger partial charge in [-0.1, -0.05) is 6.92 Å². The Morgan fingerprint density at radius 2 is 2.27 bits per heavy atom. The van der Waals surface area contributed by atoms with Gasteiger partial charge in [-0.2, -0.15) is 0 Å². The van der Waals surface area contributed by atoms with E-state index in [-0.39, 0.29) is 5.78 Å². The number of aryl methyl sites for hydroxylation is 1. The van der Waals surface area contributed by atoms with Crippen molar-refractivity contribution in [3.63, 3.8) is 0 Å². The molecular formula is C11H10O3S. The number of aromatic carboxylic acids is 1. The molecule has 1 aromatic rings. The number of hydrogen-bond donors (Lipinski definition) is 1. The van der Waals surface area contributed by atoms with E-state index in [1.807, 2.05) is 6.92 Å². The molecule has 1 heterocycles.